The molecule has 1 aromatic heterocycles. The fourth-order valence-electron chi connectivity index (χ4n) is 2.31. The monoisotopic (exact) mass is 347 g/mol. The van der Waals surface area contributed by atoms with Gasteiger partial charge in [-0.05, 0) is 0 Å². The molecule has 3 N–H and O–H groups in total. The predicted molar refractivity (Wildman–Crippen MR) is 104 cm³/mol. The number of amides is 1. The van der Waals surface area contributed by atoms with E-state index in [9.17, 15) is 4.79 Å². The Labute approximate surface area is 152 Å². The first kappa shape index (κ1) is 17.4. The van der Waals surface area contributed by atoms with Crippen molar-refractivity contribution >= 4 is 17.7 Å². The minimum Gasteiger partial charge on any atom is -0.383 e. The van der Waals surface area contributed by atoms with Gasteiger partial charge in [-0.15, -0.1) is 0 Å². The van der Waals surface area contributed by atoms with Gasteiger partial charge in [0.25, 0.3) is 5.95 Å². The largest absolute Gasteiger partial charge is 0.383 e. The molecule has 0 unspecified atom stereocenters. The zero-order valence-electron chi connectivity index (χ0n) is 14.8. The molecule has 3 aromatic rings. The molecule has 132 valence electrons. The van der Waals surface area contributed by atoms with Crippen molar-refractivity contribution in [2.45, 2.75) is 13.8 Å². The van der Waals surface area contributed by atoms with Gasteiger partial charge in [-0.25, -0.2) is 9.66 Å². The van der Waals surface area contributed by atoms with Crippen molar-refractivity contribution in [3.63, 3.8) is 0 Å². The first-order valence-electron chi connectivity index (χ1n) is 8.40. The van der Waals surface area contributed by atoms with Crippen LogP contribution in [0.3, 0.4) is 0 Å². The van der Waals surface area contributed by atoms with E-state index in [0.29, 0.717) is 17.5 Å². The molecule has 0 aliphatic heterocycles. The second kappa shape index (κ2) is 7.65. The minimum absolute atomic E-state index is 0.128. The first-order valence-corrected chi connectivity index (χ1v) is 8.40. The summed E-state index contributed by atoms with van der Waals surface area (Å²) in [5, 5.41) is 0. The number of nitrogens with zero attached hydrogens (tertiary/aromatic N) is 3. The number of rotatable bonds is 5. The molecule has 6 nitrogen and oxygen atoms in total. The van der Waals surface area contributed by atoms with Crippen molar-refractivity contribution < 1.29 is 4.79 Å². The third-order valence-electron chi connectivity index (χ3n) is 3.80. The van der Waals surface area contributed by atoms with E-state index < -0.39 is 0 Å². The van der Waals surface area contributed by atoms with Crippen molar-refractivity contribution in [3.8, 4) is 11.3 Å². The number of hydrogen-bond acceptors (Lipinski definition) is 3. The molecule has 0 saturated carbocycles. The third-order valence-corrected chi connectivity index (χ3v) is 3.80. The van der Waals surface area contributed by atoms with Crippen LogP contribution in [0, 0.1) is 5.92 Å². The number of hydrogen-bond donors (Lipinski definition) is 2. The summed E-state index contributed by atoms with van der Waals surface area (Å²) in [5.74, 6) is 0.354. The zero-order chi connectivity index (χ0) is 18.5. The van der Waals surface area contributed by atoms with Crippen molar-refractivity contribution in [1.82, 2.24) is 9.66 Å². The minimum atomic E-state index is -0.166. The van der Waals surface area contributed by atoms with Crippen LogP contribution in [0.1, 0.15) is 19.4 Å². The Morgan fingerprint density at radius 2 is 1.69 bits per heavy atom. The summed E-state index contributed by atoms with van der Waals surface area (Å²) in [4.78, 5) is 21.1. The molecule has 0 radical (unpaired) electrons. The lowest BCUT2D eigenvalue weighted by molar-refractivity contribution is -0.119. The van der Waals surface area contributed by atoms with E-state index in [4.69, 9.17) is 5.73 Å². The number of nitrogens with two attached hydrogens (primary N) is 1. The molecule has 3 rings (SSSR count). The van der Waals surface area contributed by atoms with Gasteiger partial charge in [0.05, 0.1) is 11.9 Å². The van der Waals surface area contributed by atoms with Gasteiger partial charge in [0.15, 0.2) is 0 Å². The maximum absolute atomic E-state index is 12.1. The Balaban J connectivity index is 2.01. The average Bonchev–Trinajstić information content (AvgIpc) is 3.05. The van der Waals surface area contributed by atoms with Crippen LogP contribution in [0.25, 0.3) is 11.3 Å². The van der Waals surface area contributed by atoms with Crippen LogP contribution in [0.4, 0.5) is 5.95 Å². The second-order valence-corrected chi connectivity index (χ2v) is 6.16. The Morgan fingerprint density at radius 1 is 1.08 bits per heavy atom. The number of carbonyl (C=O) groups is 1. The first-order chi connectivity index (χ1) is 12.5. The molecule has 1 heterocycles. The normalized spacial score (nSPS) is 11.6. The van der Waals surface area contributed by atoms with Crippen LogP contribution in [0.15, 0.2) is 71.9 Å². The van der Waals surface area contributed by atoms with Crippen molar-refractivity contribution in [1.29, 1.82) is 0 Å². The van der Waals surface area contributed by atoms with Crippen molar-refractivity contribution in [2.75, 3.05) is 5.43 Å². The van der Waals surface area contributed by atoms with Gasteiger partial charge in [0.1, 0.15) is 5.84 Å². The maximum atomic E-state index is 12.1. The van der Waals surface area contributed by atoms with Gasteiger partial charge < -0.3 is 5.73 Å². The van der Waals surface area contributed by atoms with Crippen LogP contribution < -0.4 is 11.2 Å². The fraction of sp³-hybridized carbons (Fsp3) is 0.150. The standard InChI is InChI=1S/C20H21N5O/c1-14(2)19(26)24-25-13-17(15-9-5-3-6-10-15)22-20(25)23-18(21)16-11-7-4-8-12-16/h3-14H,1-2H3,(H,24,26)(H2,21,22,23). The SMILES string of the molecule is CC(C)C(=O)Nn1cc(-c2ccccc2)nc1/N=C(\N)c1ccccc1. The summed E-state index contributed by atoms with van der Waals surface area (Å²) in [6, 6.07) is 19.1. The molecule has 0 aliphatic carbocycles. The molecule has 0 bridgehead atoms. The predicted octanol–water partition coefficient (Wildman–Crippen LogP) is 3.31. The molecule has 0 saturated heterocycles. The van der Waals surface area contributed by atoms with E-state index in [1.54, 1.807) is 6.20 Å². The van der Waals surface area contributed by atoms with E-state index in [2.05, 4.69) is 15.4 Å². The molecular weight excluding hydrogens is 326 g/mol. The highest BCUT2D eigenvalue weighted by Gasteiger charge is 2.14. The topological polar surface area (TPSA) is 85.3 Å². The van der Waals surface area contributed by atoms with Crippen molar-refractivity contribution in [3.05, 3.63) is 72.4 Å². The van der Waals surface area contributed by atoms with Crippen molar-refractivity contribution in [2.24, 2.45) is 16.6 Å². The van der Waals surface area contributed by atoms with E-state index in [0.717, 1.165) is 11.1 Å². The van der Waals surface area contributed by atoms with E-state index >= 15 is 0 Å². The number of imidazole rings is 1. The third kappa shape index (κ3) is 3.97. The molecule has 0 atom stereocenters. The molecule has 1 amide bonds. The second-order valence-electron chi connectivity index (χ2n) is 6.16. The van der Waals surface area contributed by atoms with Crippen LogP contribution in [0.5, 0.6) is 0 Å². The summed E-state index contributed by atoms with van der Waals surface area (Å²) in [7, 11) is 0. The highest BCUT2D eigenvalue weighted by Crippen LogP contribution is 2.22. The summed E-state index contributed by atoms with van der Waals surface area (Å²) < 4.78 is 1.51. The summed E-state index contributed by atoms with van der Waals surface area (Å²) in [6.07, 6.45) is 1.74. The highest BCUT2D eigenvalue weighted by molar-refractivity contribution is 5.98. The number of aromatic nitrogens is 2. The fourth-order valence-corrected chi connectivity index (χ4v) is 2.31. The van der Waals surface area contributed by atoms with Gasteiger partial charge in [-0.2, -0.15) is 4.99 Å². The lowest BCUT2D eigenvalue weighted by Crippen LogP contribution is -2.26. The average molecular weight is 347 g/mol. The van der Waals surface area contributed by atoms with Crippen LogP contribution in [-0.2, 0) is 4.79 Å². The zero-order valence-corrected chi connectivity index (χ0v) is 14.8. The van der Waals surface area contributed by atoms with E-state index in [1.807, 2.05) is 74.5 Å². The number of carbonyl (C=O) groups excluding carboxylic acids is 1. The molecular formula is C20H21N5O. The number of amidine groups is 1. The van der Waals surface area contributed by atoms with Crippen LogP contribution in [0.2, 0.25) is 0 Å². The lowest BCUT2D eigenvalue weighted by atomic mass is 10.2. The maximum Gasteiger partial charge on any atom is 0.251 e. The van der Waals surface area contributed by atoms with Gasteiger partial charge in [-0.3, -0.25) is 10.2 Å². The van der Waals surface area contributed by atoms with Gasteiger partial charge in [0, 0.05) is 17.0 Å². The number of nitrogens with one attached hydrogen (secondary N) is 1. The molecule has 0 aliphatic rings. The smallest absolute Gasteiger partial charge is 0.251 e. The van der Waals surface area contributed by atoms with Gasteiger partial charge in [0.2, 0.25) is 5.91 Å². The van der Waals surface area contributed by atoms with E-state index in [1.165, 1.54) is 4.68 Å². The Hall–Kier alpha value is -3.41. The highest BCUT2D eigenvalue weighted by atomic mass is 16.2. The van der Waals surface area contributed by atoms with E-state index in [-0.39, 0.29) is 11.8 Å². The lowest BCUT2D eigenvalue weighted by Gasteiger charge is -2.09. The summed E-state index contributed by atoms with van der Waals surface area (Å²) in [6.45, 7) is 3.65. The quantitative estimate of drug-likeness (QED) is 0.548. The Bertz CT molecular complexity index is 914. The number of aliphatic imine (C=N–C) groups is 1. The summed E-state index contributed by atoms with van der Waals surface area (Å²) >= 11 is 0. The van der Waals surface area contributed by atoms with Crippen LogP contribution in [-0.4, -0.2) is 21.4 Å². The Morgan fingerprint density at radius 3 is 2.31 bits per heavy atom. The molecule has 26 heavy (non-hydrogen) atoms. The van der Waals surface area contributed by atoms with Crippen LogP contribution >= 0.6 is 0 Å². The van der Waals surface area contributed by atoms with Gasteiger partial charge >= 0.3 is 0 Å². The molecule has 0 spiro atoms. The summed E-state index contributed by atoms with van der Waals surface area (Å²) in [5.41, 5.74) is 11.4. The molecule has 6 heteroatoms. The molecule has 0 fully saturated rings. The Kier molecular flexibility index (Phi) is 5.12. The van der Waals surface area contributed by atoms with Gasteiger partial charge in [-0.1, -0.05) is 74.5 Å². The molecule has 2 aromatic carbocycles. The number of benzene rings is 2.